The number of nitrogens with zero attached hydrogens (tertiary/aromatic N) is 1. The average Bonchev–Trinajstić information content (AvgIpc) is 2.38. The molecule has 1 atom stereocenters. The maximum absolute atomic E-state index is 12.5. The number of likely N-dealkylation sites (N-methyl/N-ethyl adjacent to an activating group) is 1. The summed E-state index contributed by atoms with van der Waals surface area (Å²) >= 11 is 0. The lowest BCUT2D eigenvalue weighted by Crippen LogP contribution is -2.35. The van der Waals surface area contributed by atoms with Crippen molar-refractivity contribution in [3.63, 3.8) is 0 Å². The van der Waals surface area contributed by atoms with Crippen molar-refractivity contribution in [2.75, 3.05) is 19.6 Å². The van der Waals surface area contributed by atoms with Gasteiger partial charge in [-0.25, -0.2) is 0 Å². The van der Waals surface area contributed by atoms with Gasteiger partial charge in [0.25, 0.3) is 0 Å². The molecule has 0 aliphatic heterocycles. The molecule has 1 rings (SSSR count). The zero-order valence-corrected chi connectivity index (χ0v) is 11.8. The summed E-state index contributed by atoms with van der Waals surface area (Å²) in [5.74, 6) is -0.176. The highest BCUT2D eigenvalue weighted by Gasteiger charge is 2.33. The molecule has 0 saturated heterocycles. The maximum atomic E-state index is 12.5. The monoisotopic (exact) mass is 290 g/mol. The Morgan fingerprint density at radius 3 is 2.40 bits per heavy atom. The molecule has 1 unspecified atom stereocenters. The largest absolute Gasteiger partial charge is 0.573 e. The zero-order chi connectivity index (χ0) is 15.2. The topological polar surface area (TPSA) is 38.5 Å². The third-order valence-corrected chi connectivity index (χ3v) is 3.08. The lowest BCUT2D eigenvalue weighted by Gasteiger charge is -2.31. The van der Waals surface area contributed by atoms with Gasteiger partial charge in [0.2, 0.25) is 0 Å². The summed E-state index contributed by atoms with van der Waals surface area (Å²) < 4.78 is 41.5. The minimum atomic E-state index is -4.70. The molecule has 0 radical (unpaired) electrons. The quantitative estimate of drug-likeness (QED) is 0.837. The van der Waals surface area contributed by atoms with Crippen molar-refractivity contribution in [3.8, 4) is 5.75 Å². The van der Waals surface area contributed by atoms with Gasteiger partial charge in [-0.1, -0.05) is 32.0 Å². The van der Waals surface area contributed by atoms with E-state index >= 15 is 0 Å². The number of para-hydroxylation sites is 1. The Bertz CT molecular complexity index is 410. The molecule has 20 heavy (non-hydrogen) atoms. The zero-order valence-electron chi connectivity index (χ0n) is 11.8. The Balaban J connectivity index is 3.08. The molecule has 0 spiro atoms. The number of rotatable bonds is 7. The van der Waals surface area contributed by atoms with E-state index < -0.39 is 6.36 Å². The fourth-order valence-corrected chi connectivity index (χ4v) is 2.27. The first-order valence-corrected chi connectivity index (χ1v) is 6.71. The second-order valence-corrected chi connectivity index (χ2v) is 4.47. The summed E-state index contributed by atoms with van der Waals surface area (Å²) in [6.45, 7) is 5.72. The molecule has 114 valence electrons. The molecule has 6 heteroatoms. The second-order valence-electron chi connectivity index (χ2n) is 4.47. The Morgan fingerprint density at radius 1 is 1.25 bits per heavy atom. The lowest BCUT2D eigenvalue weighted by molar-refractivity contribution is -0.275. The molecular formula is C14H21F3N2O. The molecule has 2 N–H and O–H groups in total. The molecule has 0 aromatic heterocycles. The molecule has 1 aromatic rings. The van der Waals surface area contributed by atoms with Crippen LogP contribution in [0.25, 0.3) is 0 Å². The van der Waals surface area contributed by atoms with Crippen molar-refractivity contribution in [2.45, 2.75) is 32.7 Å². The van der Waals surface area contributed by atoms with Crippen LogP contribution in [0.1, 0.15) is 31.9 Å². The SMILES string of the molecule is CCCN(CC)C(CN)c1ccccc1OC(F)(F)F. The van der Waals surface area contributed by atoms with Gasteiger partial charge < -0.3 is 10.5 Å². The summed E-state index contributed by atoms with van der Waals surface area (Å²) in [5.41, 5.74) is 6.24. The fraction of sp³-hybridized carbons (Fsp3) is 0.571. The molecule has 0 fully saturated rings. The highest BCUT2D eigenvalue weighted by atomic mass is 19.4. The van der Waals surface area contributed by atoms with E-state index in [4.69, 9.17) is 5.73 Å². The van der Waals surface area contributed by atoms with Gasteiger partial charge in [-0.2, -0.15) is 0 Å². The number of hydrogen-bond donors (Lipinski definition) is 1. The van der Waals surface area contributed by atoms with E-state index in [1.807, 2.05) is 13.8 Å². The Morgan fingerprint density at radius 2 is 1.90 bits per heavy atom. The number of nitrogens with two attached hydrogens (primary N) is 1. The predicted molar refractivity (Wildman–Crippen MR) is 72.5 cm³/mol. The maximum Gasteiger partial charge on any atom is 0.573 e. The Hall–Kier alpha value is -1.27. The number of alkyl halides is 3. The first-order valence-electron chi connectivity index (χ1n) is 6.71. The van der Waals surface area contributed by atoms with Crippen molar-refractivity contribution < 1.29 is 17.9 Å². The minimum Gasteiger partial charge on any atom is -0.405 e. The molecule has 0 aliphatic rings. The first kappa shape index (κ1) is 16.8. The van der Waals surface area contributed by atoms with E-state index in [0.717, 1.165) is 19.5 Å². The summed E-state index contributed by atoms with van der Waals surface area (Å²) in [7, 11) is 0. The smallest absolute Gasteiger partial charge is 0.405 e. The summed E-state index contributed by atoms with van der Waals surface area (Å²) in [6, 6.07) is 5.90. The summed E-state index contributed by atoms with van der Waals surface area (Å²) in [4.78, 5) is 2.05. The molecule has 0 aliphatic carbocycles. The predicted octanol–water partition coefficient (Wildman–Crippen LogP) is 3.32. The van der Waals surface area contributed by atoms with Crippen LogP contribution in [0, 0.1) is 0 Å². The Kier molecular flexibility index (Phi) is 6.29. The van der Waals surface area contributed by atoms with Crippen LogP contribution in [0.5, 0.6) is 5.75 Å². The van der Waals surface area contributed by atoms with Crippen LogP contribution in [0.3, 0.4) is 0 Å². The van der Waals surface area contributed by atoms with Crippen LogP contribution < -0.4 is 10.5 Å². The fourth-order valence-electron chi connectivity index (χ4n) is 2.27. The number of hydrogen-bond acceptors (Lipinski definition) is 3. The Labute approximate surface area is 117 Å². The average molecular weight is 290 g/mol. The van der Waals surface area contributed by atoms with Crippen molar-refractivity contribution >= 4 is 0 Å². The minimum absolute atomic E-state index is 0.176. The highest BCUT2D eigenvalue weighted by molar-refractivity contribution is 5.36. The van der Waals surface area contributed by atoms with Gasteiger partial charge in [0.1, 0.15) is 5.75 Å². The molecule has 0 bridgehead atoms. The van der Waals surface area contributed by atoms with E-state index in [1.54, 1.807) is 12.1 Å². The first-order chi connectivity index (χ1) is 9.42. The van der Waals surface area contributed by atoms with Crippen LogP contribution >= 0.6 is 0 Å². The molecular weight excluding hydrogens is 269 g/mol. The van der Waals surface area contributed by atoms with Crippen LogP contribution in [-0.4, -0.2) is 30.9 Å². The van der Waals surface area contributed by atoms with Crippen LogP contribution in [0.4, 0.5) is 13.2 Å². The van der Waals surface area contributed by atoms with Gasteiger partial charge in [0, 0.05) is 12.1 Å². The normalized spacial score (nSPS) is 13.6. The van der Waals surface area contributed by atoms with E-state index in [2.05, 4.69) is 9.64 Å². The summed E-state index contributed by atoms with van der Waals surface area (Å²) in [6.07, 6.45) is -3.79. The van der Waals surface area contributed by atoms with Gasteiger partial charge in [0.05, 0.1) is 6.04 Å². The van der Waals surface area contributed by atoms with E-state index in [9.17, 15) is 13.2 Å². The van der Waals surface area contributed by atoms with Crippen molar-refractivity contribution in [1.29, 1.82) is 0 Å². The van der Waals surface area contributed by atoms with E-state index in [1.165, 1.54) is 12.1 Å². The molecule has 0 saturated carbocycles. The van der Waals surface area contributed by atoms with Crippen molar-refractivity contribution in [2.24, 2.45) is 5.73 Å². The number of halogens is 3. The second kappa shape index (κ2) is 7.50. The van der Waals surface area contributed by atoms with E-state index in [-0.39, 0.29) is 18.3 Å². The number of ether oxygens (including phenoxy) is 1. The number of benzene rings is 1. The van der Waals surface area contributed by atoms with Gasteiger partial charge in [-0.15, -0.1) is 13.2 Å². The van der Waals surface area contributed by atoms with Gasteiger partial charge in [-0.05, 0) is 25.6 Å². The third-order valence-electron chi connectivity index (χ3n) is 3.08. The standard InChI is InChI=1S/C14H21F3N2O/c1-3-9-19(4-2)12(10-18)11-7-5-6-8-13(11)20-14(15,16)17/h5-8,12H,3-4,9-10,18H2,1-2H3. The molecule has 0 heterocycles. The molecule has 1 aromatic carbocycles. The third kappa shape index (κ3) is 4.68. The molecule has 0 amide bonds. The van der Waals surface area contributed by atoms with Crippen molar-refractivity contribution in [3.05, 3.63) is 29.8 Å². The van der Waals surface area contributed by atoms with Gasteiger partial charge in [0.15, 0.2) is 0 Å². The highest BCUT2D eigenvalue weighted by Crippen LogP contribution is 2.32. The van der Waals surface area contributed by atoms with Crippen molar-refractivity contribution in [1.82, 2.24) is 4.90 Å². The van der Waals surface area contributed by atoms with Gasteiger partial charge >= 0.3 is 6.36 Å². The van der Waals surface area contributed by atoms with Crippen LogP contribution in [0.2, 0.25) is 0 Å². The lowest BCUT2D eigenvalue weighted by atomic mass is 10.0. The van der Waals surface area contributed by atoms with E-state index in [0.29, 0.717) is 5.56 Å². The van der Waals surface area contributed by atoms with Crippen LogP contribution in [-0.2, 0) is 0 Å². The van der Waals surface area contributed by atoms with Gasteiger partial charge in [-0.3, -0.25) is 4.90 Å². The van der Waals surface area contributed by atoms with Crippen LogP contribution in [0.15, 0.2) is 24.3 Å². The summed E-state index contributed by atoms with van der Waals surface area (Å²) in [5, 5.41) is 0. The molecule has 3 nitrogen and oxygen atoms in total.